The topological polar surface area (TPSA) is 0 Å². The molecule has 0 amide bonds. The van der Waals surface area contributed by atoms with Gasteiger partial charge in [0.25, 0.3) is 0 Å². The number of hydrogen-bond donors (Lipinski definition) is 0. The normalized spacial score (nSPS) is 11.8. The maximum absolute atomic E-state index is 13.3. The molecule has 0 aromatic heterocycles. The fourth-order valence-electron chi connectivity index (χ4n) is 1.07. The minimum atomic E-state index is -0.108. The molecule has 0 aliphatic rings. The zero-order valence-corrected chi connectivity index (χ0v) is 9.65. The molecular formula is C10H12FI. The molecule has 0 heterocycles. The number of rotatable bonds is 0. The van der Waals surface area contributed by atoms with Crippen LogP contribution in [0.3, 0.4) is 0 Å². The molecule has 0 bridgehead atoms. The van der Waals surface area contributed by atoms with Crippen molar-refractivity contribution in [2.24, 2.45) is 0 Å². The highest BCUT2D eigenvalue weighted by Gasteiger charge is 2.17. The molecule has 0 unspecified atom stereocenters. The Morgan fingerprint density at radius 2 is 1.83 bits per heavy atom. The minimum Gasteiger partial charge on any atom is -0.207 e. The van der Waals surface area contributed by atoms with Crippen LogP contribution in [0.15, 0.2) is 18.2 Å². The highest BCUT2D eigenvalue weighted by atomic mass is 127. The van der Waals surface area contributed by atoms with E-state index in [9.17, 15) is 4.39 Å². The minimum absolute atomic E-state index is 0.106. The van der Waals surface area contributed by atoms with Gasteiger partial charge in [0.15, 0.2) is 0 Å². The Labute approximate surface area is 86.3 Å². The molecular weight excluding hydrogens is 266 g/mol. The van der Waals surface area contributed by atoms with E-state index >= 15 is 0 Å². The van der Waals surface area contributed by atoms with Gasteiger partial charge in [-0.15, -0.1) is 0 Å². The average Bonchev–Trinajstić information content (AvgIpc) is 1.92. The van der Waals surface area contributed by atoms with Crippen LogP contribution >= 0.6 is 22.6 Å². The number of halogens is 2. The van der Waals surface area contributed by atoms with Gasteiger partial charge in [0.1, 0.15) is 5.82 Å². The van der Waals surface area contributed by atoms with Gasteiger partial charge in [0, 0.05) is 3.57 Å². The first kappa shape index (κ1) is 9.96. The first-order valence-electron chi connectivity index (χ1n) is 3.87. The van der Waals surface area contributed by atoms with Crippen molar-refractivity contribution in [3.8, 4) is 0 Å². The predicted octanol–water partition coefficient (Wildman–Crippen LogP) is 3.73. The zero-order valence-electron chi connectivity index (χ0n) is 7.49. The van der Waals surface area contributed by atoms with E-state index in [0.29, 0.717) is 0 Å². The van der Waals surface area contributed by atoms with Crippen LogP contribution in [0.5, 0.6) is 0 Å². The summed E-state index contributed by atoms with van der Waals surface area (Å²) >= 11 is 2.20. The summed E-state index contributed by atoms with van der Waals surface area (Å²) < 4.78 is 14.3. The largest absolute Gasteiger partial charge is 0.207 e. The van der Waals surface area contributed by atoms with Crippen molar-refractivity contribution in [2.75, 3.05) is 0 Å². The van der Waals surface area contributed by atoms with Crippen LogP contribution in [-0.2, 0) is 5.41 Å². The smallest absolute Gasteiger partial charge is 0.127 e. The second-order valence-corrected chi connectivity index (χ2v) is 5.12. The summed E-state index contributed by atoms with van der Waals surface area (Å²) in [7, 11) is 0. The van der Waals surface area contributed by atoms with Crippen molar-refractivity contribution in [2.45, 2.75) is 26.2 Å². The van der Waals surface area contributed by atoms with Crippen LogP contribution in [0.2, 0.25) is 0 Å². The number of benzene rings is 1. The summed E-state index contributed by atoms with van der Waals surface area (Å²) in [4.78, 5) is 0. The van der Waals surface area contributed by atoms with Gasteiger partial charge in [-0.3, -0.25) is 0 Å². The lowest BCUT2D eigenvalue weighted by atomic mass is 9.87. The lowest BCUT2D eigenvalue weighted by molar-refractivity contribution is 0.522. The monoisotopic (exact) mass is 278 g/mol. The quantitative estimate of drug-likeness (QED) is 0.634. The summed E-state index contributed by atoms with van der Waals surface area (Å²) in [5.74, 6) is -0.108. The third kappa shape index (κ3) is 2.19. The Morgan fingerprint density at radius 1 is 1.25 bits per heavy atom. The molecule has 0 atom stereocenters. The van der Waals surface area contributed by atoms with Gasteiger partial charge in [-0.05, 0) is 51.8 Å². The summed E-state index contributed by atoms with van der Waals surface area (Å²) in [5, 5.41) is 0. The van der Waals surface area contributed by atoms with Crippen LogP contribution in [0, 0.1) is 9.39 Å². The lowest BCUT2D eigenvalue weighted by Crippen LogP contribution is -2.13. The molecule has 0 saturated carbocycles. The molecule has 1 aromatic carbocycles. The molecule has 0 radical (unpaired) electrons. The lowest BCUT2D eigenvalue weighted by Gasteiger charge is -2.19. The van der Waals surface area contributed by atoms with Crippen LogP contribution in [0.1, 0.15) is 26.3 Å². The van der Waals surface area contributed by atoms with Crippen molar-refractivity contribution < 1.29 is 4.39 Å². The van der Waals surface area contributed by atoms with Crippen molar-refractivity contribution in [1.29, 1.82) is 0 Å². The first-order valence-corrected chi connectivity index (χ1v) is 4.94. The van der Waals surface area contributed by atoms with Gasteiger partial charge < -0.3 is 0 Å². The van der Waals surface area contributed by atoms with Crippen molar-refractivity contribution in [3.05, 3.63) is 33.1 Å². The Morgan fingerprint density at radius 3 is 2.25 bits per heavy atom. The second-order valence-electron chi connectivity index (χ2n) is 3.87. The Hall–Kier alpha value is -0.120. The summed E-state index contributed by atoms with van der Waals surface area (Å²) in [6.45, 7) is 6.05. The molecule has 66 valence electrons. The Bertz CT molecular complexity index is 286. The average molecular weight is 278 g/mol. The third-order valence-corrected chi connectivity index (χ3v) is 2.41. The van der Waals surface area contributed by atoms with E-state index in [0.717, 1.165) is 9.13 Å². The highest BCUT2D eigenvalue weighted by Crippen LogP contribution is 2.26. The van der Waals surface area contributed by atoms with E-state index in [1.165, 1.54) is 6.07 Å². The van der Waals surface area contributed by atoms with E-state index in [1.54, 1.807) is 6.07 Å². The summed E-state index contributed by atoms with van der Waals surface area (Å²) in [5.41, 5.74) is 0.681. The molecule has 0 N–H and O–H groups in total. The molecule has 1 rings (SSSR count). The van der Waals surface area contributed by atoms with Gasteiger partial charge in [-0.1, -0.05) is 20.8 Å². The van der Waals surface area contributed by atoms with E-state index in [1.807, 2.05) is 26.8 Å². The molecule has 0 aliphatic carbocycles. The Balaban J connectivity index is 3.23. The zero-order chi connectivity index (χ0) is 9.35. The molecule has 0 aliphatic heterocycles. The van der Waals surface area contributed by atoms with Crippen molar-refractivity contribution >= 4 is 22.6 Å². The van der Waals surface area contributed by atoms with Crippen LogP contribution < -0.4 is 0 Å². The van der Waals surface area contributed by atoms with Crippen LogP contribution in [-0.4, -0.2) is 0 Å². The van der Waals surface area contributed by atoms with Gasteiger partial charge in [-0.25, -0.2) is 4.39 Å². The fourth-order valence-corrected chi connectivity index (χ4v) is 1.56. The third-order valence-electron chi connectivity index (χ3n) is 1.74. The van der Waals surface area contributed by atoms with E-state index in [4.69, 9.17) is 0 Å². The summed E-state index contributed by atoms with van der Waals surface area (Å²) in [6, 6.07) is 5.21. The maximum Gasteiger partial charge on any atom is 0.127 e. The Kier molecular flexibility index (Phi) is 2.76. The van der Waals surface area contributed by atoms with Gasteiger partial charge >= 0.3 is 0 Å². The van der Waals surface area contributed by atoms with E-state index in [-0.39, 0.29) is 11.2 Å². The molecule has 0 fully saturated rings. The highest BCUT2D eigenvalue weighted by molar-refractivity contribution is 14.1. The van der Waals surface area contributed by atoms with Crippen molar-refractivity contribution in [1.82, 2.24) is 0 Å². The maximum atomic E-state index is 13.3. The fraction of sp³-hybridized carbons (Fsp3) is 0.400. The van der Waals surface area contributed by atoms with E-state index in [2.05, 4.69) is 22.6 Å². The standard InChI is InChI=1S/C10H12FI/c1-10(2,3)8-6-7(12)4-5-9(8)11/h4-6H,1-3H3. The molecule has 1 aromatic rings. The SMILES string of the molecule is CC(C)(C)c1cc(I)ccc1F. The van der Waals surface area contributed by atoms with Crippen molar-refractivity contribution in [3.63, 3.8) is 0 Å². The van der Waals surface area contributed by atoms with Crippen LogP contribution in [0.25, 0.3) is 0 Å². The second kappa shape index (κ2) is 3.32. The van der Waals surface area contributed by atoms with Gasteiger partial charge in [0.2, 0.25) is 0 Å². The molecule has 0 saturated heterocycles. The number of hydrogen-bond acceptors (Lipinski definition) is 0. The summed E-state index contributed by atoms with van der Waals surface area (Å²) in [6.07, 6.45) is 0. The predicted molar refractivity (Wildman–Crippen MR) is 57.8 cm³/mol. The van der Waals surface area contributed by atoms with Gasteiger partial charge in [0.05, 0.1) is 0 Å². The molecule has 2 heteroatoms. The molecule has 0 nitrogen and oxygen atoms in total. The molecule has 0 spiro atoms. The van der Waals surface area contributed by atoms with E-state index < -0.39 is 0 Å². The first-order chi connectivity index (χ1) is 5.41. The molecule has 12 heavy (non-hydrogen) atoms. The van der Waals surface area contributed by atoms with Gasteiger partial charge in [-0.2, -0.15) is 0 Å². The van der Waals surface area contributed by atoms with Crippen LogP contribution in [0.4, 0.5) is 4.39 Å².